The molecule has 7 heteroatoms. The highest BCUT2D eigenvalue weighted by molar-refractivity contribution is 7.91. The van der Waals surface area contributed by atoms with Gasteiger partial charge in [0.2, 0.25) is 5.91 Å². The number of benzene rings is 1. The van der Waals surface area contributed by atoms with Crippen molar-refractivity contribution in [2.24, 2.45) is 0 Å². The lowest BCUT2D eigenvalue weighted by molar-refractivity contribution is -0.115. The van der Waals surface area contributed by atoms with Gasteiger partial charge in [0.25, 0.3) is 0 Å². The Bertz CT molecular complexity index is 543. The van der Waals surface area contributed by atoms with Crippen molar-refractivity contribution >= 4 is 27.1 Å². The van der Waals surface area contributed by atoms with Gasteiger partial charge in [-0.1, -0.05) is 12.1 Å². The van der Waals surface area contributed by atoms with Crippen LogP contribution < -0.4 is 11.1 Å². The van der Waals surface area contributed by atoms with Gasteiger partial charge in [-0.15, -0.1) is 0 Å². The number of hydrogen-bond acceptors (Lipinski definition) is 5. The summed E-state index contributed by atoms with van der Waals surface area (Å²) in [5.41, 5.74) is 6.63. The summed E-state index contributed by atoms with van der Waals surface area (Å²) in [4.78, 5) is 11.7. The van der Waals surface area contributed by atoms with Crippen LogP contribution in [0.4, 0.5) is 11.4 Å². The minimum absolute atomic E-state index is 0.0294. The molecule has 1 amide bonds. The molecule has 0 radical (unpaired) electrons. The van der Waals surface area contributed by atoms with E-state index in [0.717, 1.165) is 0 Å². The topological polar surface area (TPSA) is 98.5 Å². The normalized spacial score (nSPS) is 11.2. The highest BCUT2D eigenvalue weighted by atomic mass is 32.2. The van der Waals surface area contributed by atoms with Gasteiger partial charge in [-0.05, 0) is 18.6 Å². The lowest BCUT2D eigenvalue weighted by Crippen LogP contribution is -2.20. The Morgan fingerprint density at radius 2 is 2.00 bits per heavy atom. The van der Waals surface area contributed by atoms with Crippen molar-refractivity contribution in [3.63, 3.8) is 0 Å². The zero-order valence-electron chi connectivity index (χ0n) is 11.5. The molecule has 0 saturated heterocycles. The first-order valence-electron chi connectivity index (χ1n) is 6.28. The van der Waals surface area contributed by atoms with Crippen LogP contribution in [-0.2, 0) is 19.4 Å². The second-order valence-electron chi connectivity index (χ2n) is 4.38. The number of hydrogen-bond donors (Lipinski definition) is 2. The lowest BCUT2D eigenvalue weighted by Gasteiger charge is -2.08. The van der Waals surface area contributed by atoms with Crippen molar-refractivity contribution in [3.8, 4) is 0 Å². The zero-order valence-corrected chi connectivity index (χ0v) is 12.3. The average molecular weight is 300 g/mol. The molecule has 20 heavy (non-hydrogen) atoms. The van der Waals surface area contributed by atoms with E-state index in [2.05, 4.69) is 5.32 Å². The van der Waals surface area contributed by atoms with Crippen molar-refractivity contribution in [2.45, 2.75) is 12.8 Å². The van der Waals surface area contributed by atoms with E-state index in [-0.39, 0.29) is 23.8 Å². The van der Waals surface area contributed by atoms with Gasteiger partial charge in [-0.2, -0.15) is 0 Å². The summed E-state index contributed by atoms with van der Waals surface area (Å²) in [5.74, 6) is -0.505. The maximum absolute atomic E-state index is 11.7. The lowest BCUT2D eigenvalue weighted by atomic mass is 10.2. The number of amides is 1. The van der Waals surface area contributed by atoms with Crippen LogP contribution in [0.1, 0.15) is 12.8 Å². The van der Waals surface area contributed by atoms with Crippen LogP contribution in [0.25, 0.3) is 0 Å². The first-order valence-corrected chi connectivity index (χ1v) is 8.10. The van der Waals surface area contributed by atoms with Crippen molar-refractivity contribution in [3.05, 3.63) is 24.3 Å². The van der Waals surface area contributed by atoms with Gasteiger partial charge >= 0.3 is 0 Å². The van der Waals surface area contributed by atoms with Crippen LogP contribution in [0.2, 0.25) is 0 Å². The third-order valence-corrected chi connectivity index (χ3v) is 4.42. The molecule has 1 rings (SSSR count). The smallest absolute Gasteiger partial charge is 0.225 e. The van der Waals surface area contributed by atoms with Gasteiger partial charge in [0.15, 0.2) is 9.84 Å². The number of anilines is 2. The Hall–Kier alpha value is -1.60. The minimum Gasteiger partial charge on any atom is -0.397 e. The largest absolute Gasteiger partial charge is 0.397 e. The Kier molecular flexibility index (Phi) is 6.47. The van der Waals surface area contributed by atoms with Crippen molar-refractivity contribution in [1.82, 2.24) is 0 Å². The Morgan fingerprint density at radius 3 is 2.65 bits per heavy atom. The van der Waals surface area contributed by atoms with Crippen LogP contribution in [0.15, 0.2) is 24.3 Å². The summed E-state index contributed by atoms with van der Waals surface area (Å²) in [6, 6.07) is 6.83. The van der Waals surface area contributed by atoms with E-state index in [1.165, 1.54) is 7.11 Å². The molecule has 1 aromatic rings. The monoisotopic (exact) mass is 300 g/mol. The molecular weight excluding hydrogens is 280 g/mol. The number of ether oxygens (including phenoxy) is 1. The molecule has 1 aromatic carbocycles. The van der Waals surface area contributed by atoms with Crippen LogP contribution in [0.5, 0.6) is 0 Å². The van der Waals surface area contributed by atoms with Crippen molar-refractivity contribution < 1.29 is 17.9 Å². The summed E-state index contributed by atoms with van der Waals surface area (Å²) < 4.78 is 28.1. The molecule has 0 bridgehead atoms. The van der Waals surface area contributed by atoms with Crippen molar-refractivity contribution in [2.75, 3.05) is 36.3 Å². The number of methoxy groups -OCH3 is 1. The predicted molar refractivity (Wildman–Crippen MR) is 79.2 cm³/mol. The van der Waals surface area contributed by atoms with E-state index in [1.807, 2.05) is 0 Å². The average Bonchev–Trinajstić information content (AvgIpc) is 2.40. The van der Waals surface area contributed by atoms with E-state index in [1.54, 1.807) is 24.3 Å². The highest BCUT2D eigenvalue weighted by Crippen LogP contribution is 2.16. The standard InChI is InChI=1S/C13H20N2O4S/c1-19-8-4-9-20(17,18)10-7-13(16)15-12-6-3-2-5-11(12)14/h2-3,5-6H,4,7-10,14H2,1H3,(H,15,16). The molecule has 0 saturated carbocycles. The van der Waals surface area contributed by atoms with Gasteiger partial charge < -0.3 is 15.8 Å². The first kappa shape index (κ1) is 16.5. The fourth-order valence-corrected chi connectivity index (χ4v) is 2.86. The Morgan fingerprint density at radius 1 is 1.30 bits per heavy atom. The van der Waals surface area contributed by atoms with E-state index in [4.69, 9.17) is 10.5 Å². The molecule has 0 aromatic heterocycles. The van der Waals surface area contributed by atoms with E-state index >= 15 is 0 Å². The van der Waals surface area contributed by atoms with Crippen LogP contribution in [0.3, 0.4) is 0 Å². The molecule has 0 heterocycles. The molecule has 0 aliphatic carbocycles. The number of nitrogen functional groups attached to an aromatic ring is 1. The van der Waals surface area contributed by atoms with Gasteiger partial charge in [-0.3, -0.25) is 4.79 Å². The number of carbonyl (C=O) groups is 1. The zero-order chi connectivity index (χ0) is 15.0. The SMILES string of the molecule is COCCCS(=O)(=O)CCC(=O)Nc1ccccc1N. The summed E-state index contributed by atoms with van der Waals surface area (Å²) in [7, 11) is -1.71. The summed E-state index contributed by atoms with van der Waals surface area (Å²) >= 11 is 0. The number of carbonyl (C=O) groups excluding carboxylic acids is 1. The molecule has 0 atom stereocenters. The van der Waals surface area contributed by atoms with E-state index in [0.29, 0.717) is 24.4 Å². The molecule has 6 nitrogen and oxygen atoms in total. The number of sulfone groups is 1. The van der Waals surface area contributed by atoms with Crippen LogP contribution in [0, 0.1) is 0 Å². The minimum atomic E-state index is -3.22. The van der Waals surface area contributed by atoms with E-state index in [9.17, 15) is 13.2 Å². The van der Waals surface area contributed by atoms with Crippen LogP contribution in [-0.4, -0.2) is 39.5 Å². The second kappa shape index (κ2) is 7.86. The van der Waals surface area contributed by atoms with Gasteiger partial charge in [0.1, 0.15) is 0 Å². The predicted octanol–water partition coefficient (Wildman–Crippen LogP) is 1.05. The number of nitrogens with two attached hydrogens (primary N) is 1. The number of para-hydroxylation sites is 2. The quantitative estimate of drug-likeness (QED) is 0.552. The Balaban J connectivity index is 2.42. The van der Waals surface area contributed by atoms with E-state index < -0.39 is 9.84 Å². The number of rotatable bonds is 8. The second-order valence-corrected chi connectivity index (χ2v) is 6.69. The fourth-order valence-electron chi connectivity index (χ4n) is 1.60. The first-order chi connectivity index (χ1) is 9.44. The molecule has 3 N–H and O–H groups in total. The third kappa shape index (κ3) is 6.03. The van der Waals surface area contributed by atoms with Crippen LogP contribution >= 0.6 is 0 Å². The van der Waals surface area contributed by atoms with Gasteiger partial charge in [0.05, 0.1) is 22.9 Å². The third-order valence-electron chi connectivity index (χ3n) is 2.68. The van der Waals surface area contributed by atoms with Gasteiger partial charge in [0, 0.05) is 20.1 Å². The van der Waals surface area contributed by atoms with Gasteiger partial charge in [-0.25, -0.2) is 8.42 Å². The molecule has 0 aliphatic rings. The molecule has 0 aliphatic heterocycles. The molecule has 0 unspecified atom stereocenters. The maximum Gasteiger partial charge on any atom is 0.225 e. The maximum atomic E-state index is 11.7. The summed E-state index contributed by atoms with van der Waals surface area (Å²) in [6.45, 7) is 0.395. The molecule has 0 spiro atoms. The molecule has 0 fully saturated rings. The highest BCUT2D eigenvalue weighted by Gasteiger charge is 2.14. The molecular formula is C13H20N2O4S. The summed E-state index contributed by atoms with van der Waals surface area (Å²) in [5, 5.41) is 2.60. The van der Waals surface area contributed by atoms with Crippen molar-refractivity contribution in [1.29, 1.82) is 0 Å². The fraction of sp³-hybridized carbons (Fsp3) is 0.462. The Labute approximate surface area is 119 Å². The molecule has 112 valence electrons. The number of nitrogens with one attached hydrogen (secondary N) is 1. The summed E-state index contributed by atoms with van der Waals surface area (Å²) in [6.07, 6.45) is 0.357.